The molecule has 1 aliphatic carbocycles. The number of hydrogen-bond acceptors (Lipinski definition) is 5. The van der Waals surface area contributed by atoms with Crippen LogP contribution in [0.5, 0.6) is 0 Å². The lowest BCUT2D eigenvalue weighted by atomic mass is 10.1. The van der Waals surface area contributed by atoms with E-state index in [-0.39, 0.29) is 11.2 Å². The van der Waals surface area contributed by atoms with E-state index in [1.807, 2.05) is 30.7 Å². The third kappa shape index (κ3) is 4.60. The molecule has 2 heterocycles. The fourth-order valence-electron chi connectivity index (χ4n) is 3.12. The SMILES string of the molecule is C[C@@H](Sc1nnc(-c2ccncc2)n1C)C(=O)NC1CCCCCC1. The Bertz CT molecular complexity index is 695. The van der Waals surface area contributed by atoms with E-state index < -0.39 is 0 Å². The second kappa shape index (κ2) is 8.47. The topological polar surface area (TPSA) is 72.7 Å². The first-order valence-corrected chi connectivity index (χ1v) is 9.80. The number of rotatable bonds is 5. The largest absolute Gasteiger partial charge is 0.352 e. The maximum atomic E-state index is 12.5. The molecule has 3 rings (SSSR count). The van der Waals surface area contributed by atoms with Crippen molar-refractivity contribution in [2.24, 2.45) is 7.05 Å². The zero-order valence-corrected chi connectivity index (χ0v) is 15.6. The van der Waals surface area contributed by atoms with Crippen molar-refractivity contribution >= 4 is 17.7 Å². The number of carbonyl (C=O) groups is 1. The summed E-state index contributed by atoms with van der Waals surface area (Å²) < 4.78 is 1.93. The number of nitrogens with one attached hydrogen (secondary N) is 1. The molecule has 2 aromatic rings. The summed E-state index contributed by atoms with van der Waals surface area (Å²) in [5.41, 5.74) is 0.965. The van der Waals surface area contributed by atoms with Crippen LogP contribution in [0.1, 0.15) is 45.4 Å². The molecule has 25 heavy (non-hydrogen) atoms. The van der Waals surface area contributed by atoms with Gasteiger partial charge < -0.3 is 9.88 Å². The van der Waals surface area contributed by atoms with E-state index in [9.17, 15) is 4.79 Å². The van der Waals surface area contributed by atoms with Gasteiger partial charge in [-0.1, -0.05) is 37.4 Å². The predicted octanol–water partition coefficient (Wildman–Crippen LogP) is 3.20. The van der Waals surface area contributed by atoms with Crippen LogP contribution in [-0.2, 0) is 11.8 Å². The number of hydrogen-bond donors (Lipinski definition) is 1. The second-order valence-electron chi connectivity index (χ2n) is 6.56. The summed E-state index contributed by atoms with van der Waals surface area (Å²) in [4.78, 5) is 16.5. The lowest BCUT2D eigenvalue weighted by Crippen LogP contribution is -2.39. The Balaban J connectivity index is 1.62. The van der Waals surface area contributed by atoms with Gasteiger partial charge in [-0.15, -0.1) is 10.2 Å². The minimum atomic E-state index is -0.198. The van der Waals surface area contributed by atoms with Crippen LogP contribution in [0, 0.1) is 0 Å². The lowest BCUT2D eigenvalue weighted by molar-refractivity contribution is -0.121. The third-order valence-electron chi connectivity index (χ3n) is 4.63. The van der Waals surface area contributed by atoms with Crippen LogP contribution in [-0.4, -0.2) is 36.9 Å². The van der Waals surface area contributed by atoms with E-state index in [0.717, 1.165) is 29.4 Å². The fraction of sp³-hybridized carbons (Fsp3) is 0.556. The van der Waals surface area contributed by atoms with Crippen LogP contribution >= 0.6 is 11.8 Å². The minimum Gasteiger partial charge on any atom is -0.352 e. The minimum absolute atomic E-state index is 0.0883. The van der Waals surface area contributed by atoms with Crippen molar-refractivity contribution in [1.29, 1.82) is 0 Å². The zero-order valence-electron chi connectivity index (χ0n) is 14.8. The molecule has 0 bridgehead atoms. The van der Waals surface area contributed by atoms with Gasteiger partial charge in [0.2, 0.25) is 5.91 Å². The van der Waals surface area contributed by atoms with Gasteiger partial charge in [0.25, 0.3) is 0 Å². The van der Waals surface area contributed by atoms with Gasteiger partial charge in [0.05, 0.1) is 5.25 Å². The van der Waals surface area contributed by atoms with Crippen molar-refractivity contribution in [2.75, 3.05) is 0 Å². The van der Waals surface area contributed by atoms with Gasteiger partial charge >= 0.3 is 0 Å². The summed E-state index contributed by atoms with van der Waals surface area (Å²) in [5.74, 6) is 0.867. The number of carbonyl (C=O) groups excluding carboxylic acids is 1. The number of nitrogens with zero attached hydrogens (tertiary/aromatic N) is 4. The Morgan fingerprint density at radius 1 is 1.20 bits per heavy atom. The molecule has 2 aromatic heterocycles. The molecular formula is C18H25N5OS. The highest BCUT2D eigenvalue weighted by atomic mass is 32.2. The van der Waals surface area contributed by atoms with Crippen LogP contribution in [0.4, 0.5) is 0 Å². The van der Waals surface area contributed by atoms with Gasteiger partial charge in [-0.3, -0.25) is 9.78 Å². The molecule has 6 nitrogen and oxygen atoms in total. The summed E-state index contributed by atoms with van der Waals surface area (Å²) in [7, 11) is 1.92. The van der Waals surface area contributed by atoms with Crippen LogP contribution in [0.25, 0.3) is 11.4 Å². The standard InChI is InChI=1S/C18H25N5OS/c1-13(17(24)20-15-7-5-3-4-6-8-15)25-18-22-21-16(23(18)2)14-9-11-19-12-10-14/h9-13,15H,3-8H2,1-2H3,(H,20,24)/t13-/m1/s1. The smallest absolute Gasteiger partial charge is 0.233 e. The van der Waals surface area contributed by atoms with Crippen molar-refractivity contribution in [1.82, 2.24) is 25.1 Å². The van der Waals surface area contributed by atoms with Crippen LogP contribution in [0.3, 0.4) is 0 Å². The van der Waals surface area contributed by atoms with Crippen LogP contribution in [0.15, 0.2) is 29.7 Å². The first kappa shape index (κ1) is 17.9. The monoisotopic (exact) mass is 359 g/mol. The first-order chi connectivity index (χ1) is 12.1. The second-order valence-corrected chi connectivity index (χ2v) is 7.87. The van der Waals surface area contributed by atoms with E-state index in [1.165, 1.54) is 37.4 Å². The van der Waals surface area contributed by atoms with Gasteiger partial charge in [-0.2, -0.15) is 0 Å². The summed E-state index contributed by atoms with van der Waals surface area (Å²) in [5, 5.41) is 12.3. The molecule has 0 aromatic carbocycles. The molecule has 1 saturated carbocycles. The van der Waals surface area contributed by atoms with Crippen LogP contribution in [0.2, 0.25) is 0 Å². The number of amides is 1. The Labute approximate surface area is 152 Å². The Kier molecular flexibility index (Phi) is 6.07. The first-order valence-electron chi connectivity index (χ1n) is 8.92. The highest BCUT2D eigenvalue weighted by Gasteiger charge is 2.22. The van der Waals surface area contributed by atoms with E-state index in [2.05, 4.69) is 20.5 Å². The Morgan fingerprint density at radius 3 is 2.56 bits per heavy atom. The van der Waals surface area contributed by atoms with Gasteiger partial charge in [-0.05, 0) is 31.9 Å². The molecule has 1 N–H and O–H groups in total. The fourth-order valence-corrected chi connectivity index (χ4v) is 3.95. The number of pyridine rings is 1. The van der Waals surface area contributed by atoms with Crippen molar-refractivity contribution in [3.63, 3.8) is 0 Å². The lowest BCUT2D eigenvalue weighted by Gasteiger charge is -2.19. The molecule has 0 unspecified atom stereocenters. The van der Waals surface area contributed by atoms with E-state index >= 15 is 0 Å². The average Bonchev–Trinajstić information content (AvgIpc) is 2.83. The summed E-state index contributed by atoms with van der Waals surface area (Å²) in [6.07, 6.45) is 10.7. The van der Waals surface area contributed by atoms with Crippen molar-refractivity contribution in [3.05, 3.63) is 24.5 Å². The summed E-state index contributed by atoms with van der Waals surface area (Å²) >= 11 is 1.45. The maximum Gasteiger partial charge on any atom is 0.233 e. The molecule has 134 valence electrons. The molecule has 7 heteroatoms. The zero-order chi connectivity index (χ0) is 17.6. The molecule has 1 aliphatic rings. The summed E-state index contributed by atoms with van der Waals surface area (Å²) in [6.45, 7) is 1.93. The molecule has 0 saturated heterocycles. The van der Waals surface area contributed by atoms with E-state index in [0.29, 0.717) is 6.04 Å². The highest BCUT2D eigenvalue weighted by molar-refractivity contribution is 8.00. The number of thioether (sulfide) groups is 1. The van der Waals surface area contributed by atoms with Gasteiger partial charge in [-0.25, -0.2) is 0 Å². The molecule has 1 atom stereocenters. The molecule has 1 amide bonds. The third-order valence-corrected chi connectivity index (χ3v) is 5.76. The number of aromatic nitrogens is 4. The quantitative estimate of drug-likeness (QED) is 0.655. The van der Waals surface area contributed by atoms with Gasteiger partial charge in [0, 0.05) is 31.0 Å². The Morgan fingerprint density at radius 2 is 1.88 bits per heavy atom. The predicted molar refractivity (Wildman–Crippen MR) is 99.2 cm³/mol. The van der Waals surface area contributed by atoms with Gasteiger partial charge in [0.1, 0.15) is 0 Å². The van der Waals surface area contributed by atoms with E-state index in [1.54, 1.807) is 12.4 Å². The van der Waals surface area contributed by atoms with Crippen molar-refractivity contribution < 1.29 is 4.79 Å². The molecule has 1 fully saturated rings. The molecule has 0 spiro atoms. The molecule has 0 aliphatic heterocycles. The normalized spacial score (nSPS) is 17.0. The van der Waals surface area contributed by atoms with Crippen molar-refractivity contribution in [2.45, 2.75) is 61.9 Å². The molecule has 0 radical (unpaired) electrons. The van der Waals surface area contributed by atoms with Gasteiger partial charge in [0.15, 0.2) is 11.0 Å². The molecular weight excluding hydrogens is 334 g/mol. The highest BCUT2D eigenvalue weighted by Crippen LogP contribution is 2.26. The van der Waals surface area contributed by atoms with E-state index in [4.69, 9.17) is 0 Å². The average molecular weight is 359 g/mol. The summed E-state index contributed by atoms with van der Waals surface area (Å²) in [6, 6.07) is 4.13. The maximum absolute atomic E-state index is 12.5. The van der Waals surface area contributed by atoms with Crippen LogP contribution < -0.4 is 5.32 Å². The van der Waals surface area contributed by atoms with Crippen molar-refractivity contribution in [3.8, 4) is 11.4 Å². The Hall–Kier alpha value is -1.89.